The van der Waals surface area contributed by atoms with Crippen LogP contribution in [0.1, 0.15) is 35.3 Å². The van der Waals surface area contributed by atoms with Gasteiger partial charge in [-0.3, -0.25) is 14.5 Å². The molecule has 0 amide bonds. The van der Waals surface area contributed by atoms with Crippen molar-refractivity contribution in [3.8, 4) is 11.7 Å². The molecule has 1 atom stereocenters. The SMILES string of the molecule is CC[C@@H](c1ccc(OC(F)(F)F)c(F)c1)n1ncc2nc(-n3cc(C(=O)O)cn3)[nH]c(=O)c21.S. The third-order valence-electron chi connectivity index (χ3n) is 4.74. The van der Waals surface area contributed by atoms with E-state index in [-0.39, 0.29) is 41.6 Å². The fraction of sp³-hybridized carbons (Fsp3) is 0.211. The number of carboxylic acids is 1. The lowest BCUT2D eigenvalue weighted by Gasteiger charge is -2.18. The number of halogens is 4. The zero-order chi connectivity index (χ0) is 23.9. The Balaban J connectivity index is 0.00000324. The second-order valence-corrected chi connectivity index (χ2v) is 6.85. The summed E-state index contributed by atoms with van der Waals surface area (Å²) in [4.78, 5) is 30.5. The number of carboxylic acid groups (broad SMARTS) is 1. The minimum absolute atomic E-state index is 0. The molecule has 180 valence electrons. The molecule has 1 aromatic carbocycles. The van der Waals surface area contributed by atoms with Gasteiger partial charge in [-0.2, -0.15) is 23.7 Å². The van der Waals surface area contributed by atoms with E-state index in [4.69, 9.17) is 5.11 Å². The third kappa shape index (κ3) is 4.73. The predicted molar refractivity (Wildman–Crippen MR) is 114 cm³/mol. The molecule has 10 nitrogen and oxygen atoms in total. The Morgan fingerprint density at radius 3 is 2.59 bits per heavy atom. The van der Waals surface area contributed by atoms with Gasteiger partial charge in [-0.25, -0.2) is 18.9 Å². The average molecular weight is 500 g/mol. The molecule has 0 fully saturated rings. The Morgan fingerprint density at radius 2 is 2.00 bits per heavy atom. The highest BCUT2D eigenvalue weighted by molar-refractivity contribution is 7.59. The van der Waals surface area contributed by atoms with Gasteiger partial charge >= 0.3 is 12.3 Å². The summed E-state index contributed by atoms with van der Waals surface area (Å²) in [6.45, 7) is 1.73. The molecular weight excluding hydrogens is 484 g/mol. The van der Waals surface area contributed by atoms with Crippen molar-refractivity contribution in [3.05, 3.63) is 64.1 Å². The summed E-state index contributed by atoms with van der Waals surface area (Å²) in [5.41, 5.74) is -0.296. The summed E-state index contributed by atoms with van der Waals surface area (Å²) >= 11 is 0. The first-order valence-electron chi connectivity index (χ1n) is 9.38. The quantitative estimate of drug-likeness (QED) is 0.389. The Kier molecular flexibility index (Phi) is 6.67. The first kappa shape index (κ1) is 24.8. The van der Waals surface area contributed by atoms with Crippen molar-refractivity contribution in [2.45, 2.75) is 25.7 Å². The standard InChI is InChI=1S/C19H14F4N6O4.H2S/c1-2-13(9-3-4-14(11(20)5-9)33-19(21,22)23)29-15-12(7-25-29)26-18(27-16(15)30)28-8-10(6-24-28)17(31)32;/h3-8,13H,2H2,1H3,(H,31,32)(H,26,27,30);1H2/t13-;/m0./s1. The van der Waals surface area contributed by atoms with Crippen LogP contribution in [0.5, 0.6) is 5.75 Å². The molecule has 0 spiro atoms. The zero-order valence-electron chi connectivity index (χ0n) is 17.2. The number of hydrogen-bond donors (Lipinski definition) is 2. The second-order valence-electron chi connectivity index (χ2n) is 6.85. The largest absolute Gasteiger partial charge is 0.573 e. The number of nitrogens with zero attached hydrogens (tertiary/aromatic N) is 5. The molecule has 0 aliphatic carbocycles. The van der Waals surface area contributed by atoms with Crippen LogP contribution in [0.25, 0.3) is 17.0 Å². The Labute approximate surface area is 194 Å². The summed E-state index contributed by atoms with van der Waals surface area (Å²) in [7, 11) is 0. The van der Waals surface area contributed by atoms with E-state index < -0.39 is 35.5 Å². The van der Waals surface area contributed by atoms with Crippen molar-refractivity contribution in [1.82, 2.24) is 29.5 Å². The van der Waals surface area contributed by atoms with E-state index in [2.05, 4.69) is 24.9 Å². The Bertz CT molecular complexity index is 1410. The molecule has 0 aliphatic rings. The number of H-pyrrole nitrogens is 1. The van der Waals surface area contributed by atoms with Gasteiger partial charge in [0.25, 0.3) is 5.56 Å². The van der Waals surface area contributed by atoms with E-state index in [1.807, 2.05) is 0 Å². The summed E-state index contributed by atoms with van der Waals surface area (Å²) in [6.07, 6.45) is -1.18. The first-order valence-corrected chi connectivity index (χ1v) is 9.38. The fourth-order valence-corrected chi connectivity index (χ4v) is 3.33. The summed E-state index contributed by atoms with van der Waals surface area (Å²) < 4.78 is 57.4. The first-order chi connectivity index (χ1) is 15.6. The van der Waals surface area contributed by atoms with Crippen LogP contribution in [0, 0.1) is 5.82 Å². The Morgan fingerprint density at radius 1 is 1.26 bits per heavy atom. The molecule has 3 heterocycles. The van der Waals surface area contributed by atoms with Gasteiger partial charge < -0.3 is 9.84 Å². The third-order valence-corrected chi connectivity index (χ3v) is 4.74. The number of ether oxygens (including phenoxy) is 1. The Hall–Kier alpha value is -3.88. The van der Waals surface area contributed by atoms with E-state index in [1.54, 1.807) is 6.92 Å². The highest BCUT2D eigenvalue weighted by atomic mass is 32.1. The smallest absolute Gasteiger partial charge is 0.478 e. The molecule has 15 heteroatoms. The molecule has 0 aliphatic heterocycles. The molecule has 4 aromatic rings. The molecule has 34 heavy (non-hydrogen) atoms. The molecule has 2 N–H and O–H groups in total. The van der Waals surface area contributed by atoms with Crippen molar-refractivity contribution in [3.63, 3.8) is 0 Å². The van der Waals surface area contributed by atoms with Gasteiger partial charge in [0.2, 0.25) is 5.95 Å². The number of carbonyl (C=O) groups is 1. The lowest BCUT2D eigenvalue weighted by molar-refractivity contribution is -0.275. The minimum atomic E-state index is -5.04. The van der Waals surface area contributed by atoms with Gasteiger partial charge in [0.15, 0.2) is 17.1 Å². The monoisotopic (exact) mass is 500 g/mol. The number of alkyl halides is 3. The molecule has 4 rings (SSSR count). The minimum Gasteiger partial charge on any atom is -0.478 e. The van der Waals surface area contributed by atoms with Crippen molar-refractivity contribution in [1.29, 1.82) is 0 Å². The maximum atomic E-state index is 14.2. The number of aromatic nitrogens is 6. The van der Waals surface area contributed by atoms with E-state index in [0.717, 1.165) is 23.0 Å². The number of nitrogens with one attached hydrogen (secondary N) is 1. The number of fused-ring (bicyclic) bond motifs is 1. The maximum Gasteiger partial charge on any atom is 0.573 e. The van der Waals surface area contributed by atoms with Crippen molar-refractivity contribution in [2.24, 2.45) is 0 Å². The van der Waals surface area contributed by atoms with Crippen LogP contribution in [0.3, 0.4) is 0 Å². The van der Waals surface area contributed by atoms with Gasteiger partial charge in [-0.15, -0.1) is 13.2 Å². The van der Waals surface area contributed by atoms with Gasteiger partial charge in [0.1, 0.15) is 5.52 Å². The van der Waals surface area contributed by atoms with E-state index in [1.165, 1.54) is 23.1 Å². The van der Waals surface area contributed by atoms with Crippen LogP contribution in [-0.2, 0) is 0 Å². The topological polar surface area (TPSA) is 128 Å². The molecule has 0 saturated heterocycles. The van der Waals surface area contributed by atoms with Crippen LogP contribution in [0.4, 0.5) is 17.6 Å². The van der Waals surface area contributed by atoms with E-state index >= 15 is 0 Å². The molecular formula is C19H16F4N6O4S. The van der Waals surface area contributed by atoms with Crippen molar-refractivity contribution < 1.29 is 32.2 Å². The second kappa shape index (κ2) is 9.17. The van der Waals surface area contributed by atoms with Crippen LogP contribution >= 0.6 is 13.5 Å². The number of benzene rings is 1. The maximum absolute atomic E-state index is 14.2. The number of rotatable bonds is 6. The molecule has 0 radical (unpaired) electrons. The lowest BCUT2D eigenvalue weighted by Crippen LogP contribution is -2.20. The van der Waals surface area contributed by atoms with Crippen LogP contribution in [-0.4, -0.2) is 47.0 Å². The van der Waals surface area contributed by atoms with Gasteiger partial charge in [-0.05, 0) is 24.1 Å². The lowest BCUT2D eigenvalue weighted by atomic mass is 10.0. The summed E-state index contributed by atoms with van der Waals surface area (Å²) in [5, 5.41) is 17.0. The number of aromatic amines is 1. The van der Waals surface area contributed by atoms with Crippen LogP contribution < -0.4 is 10.3 Å². The van der Waals surface area contributed by atoms with Gasteiger partial charge in [0.05, 0.1) is 24.0 Å². The summed E-state index contributed by atoms with van der Waals surface area (Å²) in [6, 6.07) is 2.29. The predicted octanol–water partition coefficient (Wildman–Crippen LogP) is 3.15. The molecule has 3 aromatic heterocycles. The molecule has 0 unspecified atom stereocenters. The van der Waals surface area contributed by atoms with Crippen molar-refractivity contribution >= 4 is 30.5 Å². The zero-order valence-corrected chi connectivity index (χ0v) is 18.2. The highest BCUT2D eigenvalue weighted by Gasteiger charge is 2.32. The van der Waals surface area contributed by atoms with Crippen LogP contribution in [0.2, 0.25) is 0 Å². The van der Waals surface area contributed by atoms with Gasteiger partial charge in [0, 0.05) is 6.20 Å². The fourth-order valence-electron chi connectivity index (χ4n) is 3.33. The number of hydrogen-bond acceptors (Lipinski definition) is 6. The van der Waals surface area contributed by atoms with E-state index in [9.17, 15) is 27.2 Å². The van der Waals surface area contributed by atoms with Crippen LogP contribution in [0.15, 0.2) is 41.6 Å². The van der Waals surface area contributed by atoms with Crippen molar-refractivity contribution in [2.75, 3.05) is 0 Å². The average Bonchev–Trinajstić information content (AvgIpc) is 3.38. The molecule has 0 saturated carbocycles. The molecule has 0 bridgehead atoms. The normalized spacial score (nSPS) is 12.4. The highest BCUT2D eigenvalue weighted by Crippen LogP contribution is 2.30. The number of aromatic carboxylic acids is 1. The van der Waals surface area contributed by atoms with E-state index in [0.29, 0.717) is 6.42 Å². The van der Waals surface area contributed by atoms with Gasteiger partial charge in [-0.1, -0.05) is 13.0 Å². The summed E-state index contributed by atoms with van der Waals surface area (Å²) in [5.74, 6) is -3.45.